The number of rotatable bonds is 2. The second-order valence-corrected chi connectivity index (χ2v) is 11.4. The molecule has 6 aromatic carbocycles. The van der Waals surface area contributed by atoms with Crippen molar-refractivity contribution in [3.63, 3.8) is 0 Å². The van der Waals surface area contributed by atoms with Crippen molar-refractivity contribution >= 4 is 37.9 Å². The smallest absolute Gasteiger partial charge is 0.0991 e. The molecule has 1 atom stereocenters. The summed E-state index contributed by atoms with van der Waals surface area (Å²) >= 11 is 0. The Morgan fingerprint density at radius 2 is 1.33 bits per heavy atom. The van der Waals surface area contributed by atoms with Crippen LogP contribution in [0.3, 0.4) is 0 Å². The van der Waals surface area contributed by atoms with E-state index in [0.29, 0.717) is 5.56 Å². The van der Waals surface area contributed by atoms with E-state index in [4.69, 9.17) is 5.26 Å². The molecule has 42 heavy (non-hydrogen) atoms. The standard InChI is InChI=1S/C21H13N.C20H20/c22-14-15-5-7-16(8-6-15)18-11-12-21-19(13-18)10-9-17-3-1-2-4-20(17)21;1-2-14-7-5-9-18-17(14)12-13-19-16-8-4-3-6-15(16)10-11-20(18)19/h1-13H;3-6,8-11,14H,2,7,12-13H2,1H3. The third kappa shape index (κ3) is 4.70. The van der Waals surface area contributed by atoms with E-state index in [9.17, 15) is 0 Å². The molecular weight excluding hydrogens is 506 g/mol. The Morgan fingerprint density at radius 3 is 2.12 bits per heavy atom. The molecule has 1 heteroatoms. The molecule has 0 heterocycles. The van der Waals surface area contributed by atoms with E-state index in [1.165, 1.54) is 74.7 Å². The van der Waals surface area contributed by atoms with Crippen LogP contribution in [0.2, 0.25) is 0 Å². The number of nitrogens with zero attached hydrogens (tertiary/aromatic N) is 1. The molecule has 0 fully saturated rings. The lowest BCUT2D eigenvalue weighted by molar-refractivity contribution is 0.569. The molecule has 0 bridgehead atoms. The summed E-state index contributed by atoms with van der Waals surface area (Å²) in [4.78, 5) is 0. The lowest BCUT2D eigenvalue weighted by atomic mass is 9.74. The molecule has 0 radical (unpaired) electrons. The molecule has 2 aliphatic carbocycles. The van der Waals surface area contributed by atoms with Gasteiger partial charge in [0, 0.05) is 0 Å². The van der Waals surface area contributed by atoms with Crippen molar-refractivity contribution in [1.82, 2.24) is 0 Å². The Bertz CT molecular complexity index is 2050. The Balaban J connectivity index is 0.000000138. The highest BCUT2D eigenvalue weighted by Gasteiger charge is 2.25. The first-order valence-electron chi connectivity index (χ1n) is 15.1. The van der Waals surface area contributed by atoms with Gasteiger partial charge >= 0.3 is 0 Å². The van der Waals surface area contributed by atoms with Gasteiger partial charge in [-0.3, -0.25) is 0 Å². The minimum atomic E-state index is 0.690. The van der Waals surface area contributed by atoms with Crippen LogP contribution in [0.4, 0.5) is 0 Å². The number of nitriles is 1. The van der Waals surface area contributed by atoms with Gasteiger partial charge in [-0.25, -0.2) is 0 Å². The summed E-state index contributed by atoms with van der Waals surface area (Å²) in [5.41, 5.74) is 9.27. The van der Waals surface area contributed by atoms with Crippen LogP contribution >= 0.6 is 0 Å². The lowest BCUT2D eigenvalue weighted by Gasteiger charge is -2.30. The maximum absolute atomic E-state index is 8.89. The zero-order valence-corrected chi connectivity index (χ0v) is 24.0. The van der Waals surface area contributed by atoms with Gasteiger partial charge in [0.05, 0.1) is 11.6 Å². The lowest BCUT2D eigenvalue weighted by Crippen LogP contribution is -2.14. The maximum atomic E-state index is 8.89. The van der Waals surface area contributed by atoms with Crippen LogP contribution in [0, 0.1) is 17.2 Å². The summed E-state index contributed by atoms with van der Waals surface area (Å²) in [6.07, 6.45) is 9.70. The van der Waals surface area contributed by atoms with Gasteiger partial charge in [-0.15, -0.1) is 0 Å². The third-order valence-electron chi connectivity index (χ3n) is 9.10. The van der Waals surface area contributed by atoms with E-state index in [2.05, 4.69) is 116 Å². The maximum Gasteiger partial charge on any atom is 0.0991 e. The normalized spacial score (nSPS) is 15.6. The molecule has 0 aromatic heterocycles. The number of hydrogen-bond donors (Lipinski definition) is 0. The van der Waals surface area contributed by atoms with Crippen molar-refractivity contribution in [2.45, 2.75) is 32.6 Å². The van der Waals surface area contributed by atoms with Crippen LogP contribution in [-0.2, 0) is 6.42 Å². The van der Waals surface area contributed by atoms with Crippen LogP contribution < -0.4 is 0 Å². The van der Waals surface area contributed by atoms with E-state index in [-0.39, 0.29) is 0 Å². The van der Waals surface area contributed by atoms with Gasteiger partial charge in [0.25, 0.3) is 0 Å². The fourth-order valence-corrected chi connectivity index (χ4v) is 6.88. The van der Waals surface area contributed by atoms with Gasteiger partial charge in [-0.2, -0.15) is 5.26 Å². The molecule has 1 unspecified atom stereocenters. The fourth-order valence-electron chi connectivity index (χ4n) is 6.88. The highest BCUT2D eigenvalue weighted by atomic mass is 14.3. The van der Waals surface area contributed by atoms with Crippen LogP contribution in [0.15, 0.2) is 133 Å². The number of fused-ring (bicyclic) bond motifs is 7. The molecule has 0 amide bonds. The summed E-state index contributed by atoms with van der Waals surface area (Å²) in [7, 11) is 0. The van der Waals surface area contributed by atoms with Crippen LogP contribution in [0.5, 0.6) is 0 Å². The molecule has 0 aliphatic heterocycles. The molecule has 202 valence electrons. The van der Waals surface area contributed by atoms with E-state index in [1.54, 1.807) is 11.1 Å². The minimum absolute atomic E-state index is 0.690. The van der Waals surface area contributed by atoms with Crippen molar-refractivity contribution in [3.05, 3.63) is 150 Å². The Hall–Kier alpha value is -4.93. The molecule has 2 aliphatic rings. The Labute approximate surface area is 248 Å². The van der Waals surface area contributed by atoms with Crippen molar-refractivity contribution in [1.29, 1.82) is 5.26 Å². The zero-order valence-electron chi connectivity index (χ0n) is 24.0. The second kappa shape index (κ2) is 11.2. The monoisotopic (exact) mass is 539 g/mol. The van der Waals surface area contributed by atoms with Crippen LogP contribution in [0.1, 0.15) is 42.9 Å². The van der Waals surface area contributed by atoms with Gasteiger partial charge in [0.1, 0.15) is 0 Å². The van der Waals surface area contributed by atoms with Crippen molar-refractivity contribution in [2.75, 3.05) is 0 Å². The minimum Gasteiger partial charge on any atom is -0.192 e. The number of allylic oxidation sites excluding steroid dienone is 4. The topological polar surface area (TPSA) is 23.8 Å². The molecule has 8 rings (SSSR count). The molecule has 0 saturated carbocycles. The molecule has 0 spiro atoms. The van der Waals surface area contributed by atoms with Crippen molar-refractivity contribution in [2.24, 2.45) is 5.92 Å². The van der Waals surface area contributed by atoms with Crippen LogP contribution in [0.25, 0.3) is 49.0 Å². The van der Waals surface area contributed by atoms with Gasteiger partial charge in [0.2, 0.25) is 0 Å². The number of benzene rings is 6. The number of aryl methyl sites for hydroxylation is 1. The average Bonchev–Trinajstić information content (AvgIpc) is 3.07. The van der Waals surface area contributed by atoms with E-state index < -0.39 is 0 Å². The van der Waals surface area contributed by atoms with Crippen molar-refractivity contribution < 1.29 is 0 Å². The quantitative estimate of drug-likeness (QED) is 0.201. The second-order valence-electron chi connectivity index (χ2n) is 11.4. The van der Waals surface area contributed by atoms with Gasteiger partial charge in [-0.05, 0) is 110 Å². The van der Waals surface area contributed by atoms with Gasteiger partial charge in [-0.1, -0.05) is 122 Å². The summed E-state index contributed by atoms with van der Waals surface area (Å²) in [5, 5.41) is 16.8. The average molecular weight is 540 g/mol. The zero-order chi connectivity index (χ0) is 28.5. The van der Waals surface area contributed by atoms with Crippen LogP contribution in [-0.4, -0.2) is 0 Å². The van der Waals surface area contributed by atoms with E-state index in [0.717, 1.165) is 11.5 Å². The first-order chi connectivity index (χ1) is 20.7. The Morgan fingerprint density at radius 1 is 0.667 bits per heavy atom. The van der Waals surface area contributed by atoms with Gasteiger partial charge < -0.3 is 0 Å². The molecule has 0 N–H and O–H groups in total. The molecule has 0 saturated heterocycles. The fraction of sp³-hybridized carbons (Fsp3) is 0.146. The SMILES string of the molecule is CCC1CC=CC2=C1CCc1c2ccc2ccccc12.N#Cc1ccc(-c2ccc3c(ccc4ccccc43)c2)cc1. The Kier molecular flexibility index (Phi) is 6.90. The third-order valence-corrected chi connectivity index (χ3v) is 9.10. The van der Waals surface area contributed by atoms with E-state index in [1.807, 2.05) is 24.3 Å². The summed E-state index contributed by atoms with van der Waals surface area (Å²) in [6, 6.07) is 42.7. The molecular formula is C41H33N. The first kappa shape index (κ1) is 26.0. The predicted molar refractivity (Wildman–Crippen MR) is 178 cm³/mol. The highest BCUT2D eigenvalue weighted by Crippen LogP contribution is 2.43. The van der Waals surface area contributed by atoms with E-state index >= 15 is 0 Å². The number of hydrogen-bond acceptors (Lipinski definition) is 1. The predicted octanol–water partition coefficient (Wildman–Crippen LogP) is 11.1. The molecule has 1 nitrogen and oxygen atoms in total. The molecule has 6 aromatic rings. The van der Waals surface area contributed by atoms with Gasteiger partial charge in [0.15, 0.2) is 0 Å². The highest BCUT2D eigenvalue weighted by molar-refractivity contribution is 6.08. The first-order valence-corrected chi connectivity index (χ1v) is 15.1. The summed E-state index contributed by atoms with van der Waals surface area (Å²) < 4.78 is 0. The summed E-state index contributed by atoms with van der Waals surface area (Å²) in [5.74, 6) is 0.773. The largest absolute Gasteiger partial charge is 0.192 e. The van der Waals surface area contributed by atoms with Crippen molar-refractivity contribution in [3.8, 4) is 17.2 Å². The summed E-state index contributed by atoms with van der Waals surface area (Å²) in [6.45, 7) is 2.32.